The van der Waals surface area contributed by atoms with Crippen LogP contribution < -0.4 is 11.1 Å². The molecule has 3 N–H and O–H groups in total. The second kappa shape index (κ2) is 6.33. The van der Waals surface area contributed by atoms with Crippen molar-refractivity contribution in [2.24, 2.45) is 5.73 Å². The number of aryl methyl sites for hydroxylation is 1. The quantitative estimate of drug-likeness (QED) is 0.835. The standard InChI is InChI=1S/C15H13FN2OS/c1-10-7-12(16)4-5-14(10)18-15(19)11-8-13(20-9-11)3-2-6-17/h4-5,7-9H,6,17H2,1H3,(H,18,19). The van der Waals surface area contributed by atoms with Crippen molar-refractivity contribution in [1.82, 2.24) is 0 Å². The molecule has 0 fully saturated rings. The molecule has 0 spiro atoms. The van der Waals surface area contributed by atoms with E-state index >= 15 is 0 Å². The Hall–Kier alpha value is -2.16. The second-order valence-corrected chi connectivity index (χ2v) is 5.03. The molecule has 0 atom stereocenters. The van der Waals surface area contributed by atoms with Gasteiger partial charge in [0.15, 0.2) is 0 Å². The van der Waals surface area contributed by atoms with Crippen LogP contribution in [0, 0.1) is 24.6 Å². The molecule has 0 unspecified atom stereocenters. The summed E-state index contributed by atoms with van der Waals surface area (Å²) in [4.78, 5) is 12.9. The predicted molar refractivity (Wildman–Crippen MR) is 79.3 cm³/mol. The minimum atomic E-state index is -0.324. The number of nitrogens with one attached hydrogen (secondary N) is 1. The molecular weight excluding hydrogens is 275 g/mol. The maximum absolute atomic E-state index is 13.0. The van der Waals surface area contributed by atoms with Crippen LogP contribution in [-0.4, -0.2) is 12.5 Å². The Morgan fingerprint density at radius 1 is 1.45 bits per heavy atom. The molecule has 1 aromatic heterocycles. The number of carbonyl (C=O) groups excluding carboxylic acids is 1. The summed E-state index contributed by atoms with van der Waals surface area (Å²) in [5, 5.41) is 4.48. The third-order valence-corrected chi connectivity index (χ3v) is 3.46. The number of hydrogen-bond donors (Lipinski definition) is 2. The summed E-state index contributed by atoms with van der Waals surface area (Å²) >= 11 is 1.39. The van der Waals surface area contributed by atoms with Crippen LogP contribution in [0.4, 0.5) is 10.1 Å². The fourth-order valence-corrected chi connectivity index (χ4v) is 2.38. The molecule has 1 aromatic carbocycles. The molecule has 20 heavy (non-hydrogen) atoms. The minimum Gasteiger partial charge on any atom is -0.322 e. The molecule has 5 heteroatoms. The van der Waals surface area contributed by atoms with Gasteiger partial charge >= 0.3 is 0 Å². The second-order valence-electron chi connectivity index (χ2n) is 4.12. The number of anilines is 1. The van der Waals surface area contributed by atoms with Crippen LogP contribution in [0.1, 0.15) is 20.8 Å². The van der Waals surface area contributed by atoms with Crippen molar-refractivity contribution in [2.75, 3.05) is 11.9 Å². The molecule has 3 nitrogen and oxygen atoms in total. The zero-order valence-corrected chi connectivity index (χ0v) is 11.7. The van der Waals surface area contributed by atoms with Crippen molar-refractivity contribution >= 4 is 22.9 Å². The van der Waals surface area contributed by atoms with Gasteiger partial charge in [-0.05, 0) is 36.8 Å². The third-order valence-electron chi connectivity index (χ3n) is 2.61. The van der Waals surface area contributed by atoms with E-state index in [0.717, 1.165) is 4.88 Å². The number of halogens is 1. The molecule has 0 radical (unpaired) electrons. The fraction of sp³-hybridized carbons (Fsp3) is 0.133. The van der Waals surface area contributed by atoms with Gasteiger partial charge in [0.05, 0.1) is 17.0 Å². The number of rotatable bonds is 2. The topological polar surface area (TPSA) is 55.1 Å². The summed E-state index contributed by atoms with van der Waals surface area (Å²) in [6.07, 6.45) is 0. The van der Waals surface area contributed by atoms with Gasteiger partial charge in [-0.2, -0.15) is 0 Å². The van der Waals surface area contributed by atoms with Crippen LogP contribution in [0.15, 0.2) is 29.6 Å². The van der Waals surface area contributed by atoms with E-state index in [-0.39, 0.29) is 18.3 Å². The Bertz CT molecular complexity index is 697. The fourth-order valence-electron chi connectivity index (χ4n) is 1.62. The molecule has 2 rings (SSSR count). The third kappa shape index (κ3) is 3.44. The number of benzene rings is 1. The summed E-state index contributed by atoms with van der Waals surface area (Å²) in [6, 6.07) is 5.95. The zero-order valence-electron chi connectivity index (χ0n) is 10.9. The maximum atomic E-state index is 13.0. The largest absolute Gasteiger partial charge is 0.322 e. The van der Waals surface area contributed by atoms with Crippen molar-refractivity contribution in [3.05, 3.63) is 51.5 Å². The summed E-state index contributed by atoms with van der Waals surface area (Å²) in [5.41, 5.74) is 7.10. The lowest BCUT2D eigenvalue weighted by molar-refractivity contribution is 0.102. The van der Waals surface area contributed by atoms with Gasteiger partial charge in [0.2, 0.25) is 0 Å². The molecule has 0 saturated carbocycles. The lowest BCUT2D eigenvalue weighted by Crippen LogP contribution is -2.11. The SMILES string of the molecule is Cc1cc(F)ccc1NC(=O)c1csc(C#CCN)c1. The van der Waals surface area contributed by atoms with E-state index < -0.39 is 0 Å². The zero-order chi connectivity index (χ0) is 14.5. The van der Waals surface area contributed by atoms with E-state index in [0.29, 0.717) is 16.8 Å². The van der Waals surface area contributed by atoms with Crippen molar-refractivity contribution in [3.63, 3.8) is 0 Å². The number of nitrogens with two attached hydrogens (primary N) is 1. The van der Waals surface area contributed by atoms with Gasteiger partial charge in [0.1, 0.15) is 5.82 Å². The van der Waals surface area contributed by atoms with Crippen LogP contribution in [0.5, 0.6) is 0 Å². The molecular formula is C15H13FN2OS. The lowest BCUT2D eigenvalue weighted by Gasteiger charge is -2.07. The van der Waals surface area contributed by atoms with E-state index in [1.165, 1.54) is 23.5 Å². The molecule has 1 heterocycles. The average Bonchev–Trinajstić information content (AvgIpc) is 2.88. The Morgan fingerprint density at radius 2 is 2.25 bits per heavy atom. The Labute approximate surface area is 120 Å². The van der Waals surface area contributed by atoms with Gasteiger partial charge in [0.25, 0.3) is 5.91 Å². The first-order valence-corrected chi connectivity index (χ1v) is 6.83. The molecule has 2 aromatic rings. The van der Waals surface area contributed by atoms with Crippen molar-refractivity contribution in [1.29, 1.82) is 0 Å². The molecule has 0 aliphatic heterocycles. The summed E-state index contributed by atoms with van der Waals surface area (Å²) in [6.45, 7) is 2.03. The highest BCUT2D eigenvalue weighted by Gasteiger charge is 2.10. The Morgan fingerprint density at radius 3 is 2.95 bits per heavy atom. The molecule has 0 bridgehead atoms. The number of hydrogen-bond acceptors (Lipinski definition) is 3. The van der Waals surface area contributed by atoms with Crippen LogP contribution in [0.25, 0.3) is 0 Å². The molecule has 1 amide bonds. The van der Waals surface area contributed by atoms with Crippen molar-refractivity contribution in [2.45, 2.75) is 6.92 Å². The first-order chi connectivity index (χ1) is 9.60. The van der Waals surface area contributed by atoms with E-state index in [1.54, 1.807) is 24.4 Å². The average molecular weight is 288 g/mol. The smallest absolute Gasteiger partial charge is 0.256 e. The molecule has 0 saturated heterocycles. The highest BCUT2D eigenvalue weighted by molar-refractivity contribution is 7.10. The van der Waals surface area contributed by atoms with E-state index in [2.05, 4.69) is 17.2 Å². The van der Waals surface area contributed by atoms with Gasteiger partial charge in [-0.3, -0.25) is 4.79 Å². The Balaban J connectivity index is 2.13. The summed E-state index contributed by atoms with van der Waals surface area (Å²) in [5.74, 6) is 5.05. The van der Waals surface area contributed by atoms with Crippen molar-refractivity contribution in [3.8, 4) is 11.8 Å². The Kier molecular flexibility index (Phi) is 4.51. The minimum absolute atomic E-state index is 0.239. The van der Waals surface area contributed by atoms with Crippen molar-refractivity contribution < 1.29 is 9.18 Å². The van der Waals surface area contributed by atoms with E-state index in [1.807, 2.05) is 0 Å². The summed E-state index contributed by atoms with van der Waals surface area (Å²) in [7, 11) is 0. The van der Waals surface area contributed by atoms with Gasteiger partial charge < -0.3 is 11.1 Å². The highest BCUT2D eigenvalue weighted by Crippen LogP contribution is 2.19. The van der Waals surface area contributed by atoms with Gasteiger partial charge in [-0.1, -0.05) is 11.8 Å². The first-order valence-electron chi connectivity index (χ1n) is 5.95. The van der Waals surface area contributed by atoms with E-state index in [9.17, 15) is 9.18 Å². The number of thiophene rings is 1. The van der Waals surface area contributed by atoms with Gasteiger partial charge in [0, 0.05) is 11.1 Å². The lowest BCUT2D eigenvalue weighted by atomic mass is 10.2. The molecule has 0 aliphatic carbocycles. The summed E-state index contributed by atoms with van der Waals surface area (Å²) < 4.78 is 13.0. The van der Waals surface area contributed by atoms with Gasteiger partial charge in [-0.15, -0.1) is 11.3 Å². The number of amides is 1. The normalized spacial score (nSPS) is 9.75. The van der Waals surface area contributed by atoms with Crippen LogP contribution in [0.2, 0.25) is 0 Å². The van der Waals surface area contributed by atoms with Crippen LogP contribution in [-0.2, 0) is 0 Å². The highest BCUT2D eigenvalue weighted by atomic mass is 32.1. The molecule has 0 aliphatic rings. The van der Waals surface area contributed by atoms with Crippen LogP contribution in [0.3, 0.4) is 0 Å². The molecule has 102 valence electrons. The number of carbonyl (C=O) groups is 1. The van der Waals surface area contributed by atoms with E-state index in [4.69, 9.17) is 5.73 Å². The first kappa shape index (κ1) is 14.3. The monoisotopic (exact) mass is 288 g/mol. The van der Waals surface area contributed by atoms with Crippen LogP contribution >= 0.6 is 11.3 Å². The van der Waals surface area contributed by atoms with Gasteiger partial charge in [-0.25, -0.2) is 4.39 Å². The maximum Gasteiger partial charge on any atom is 0.256 e. The predicted octanol–water partition coefficient (Wildman–Crippen LogP) is 2.76.